The average Bonchev–Trinajstić information content (AvgIpc) is 3.03. The number of anilines is 1. The number of nitrogens with zero attached hydrogens (tertiary/aromatic N) is 4. The van der Waals surface area contributed by atoms with E-state index in [2.05, 4.69) is 22.9 Å². The number of benzene rings is 1. The summed E-state index contributed by atoms with van der Waals surface area (Å²) in [5, 5.41) is 6.81. The van der Waals surface area contributed by atoms with Gasteiger partial charge in [-0.2, -0.15) is 9.59 Å². The summed E-state index contributed by atoms with van der Waals surface area (Å²) >= 11 is 6.01. The van der Waals surface area contributed by atoms with Gasteiger partial charge in [-0.1, -0.05) is 11.6 Å². The molecule has 1 aliphatic heterocycles. The first-order chi connectivity index (χ1) is 12.7. The molecular weight excluding hydrogens is 352 g/mol. The van der Waals surface area contributed by atoms with Crippen molar-refractivity contribution in [3.63, 3.8) is 0 Å². The van der Waals surface area contributed by atoms with Gasteiger partial charge in [-0.3, -0.25) is 4.98 Å². The highest BCUT2D eigenvalue weighted by atomic mass is 35.5. The van der Waals surface area contributed by atoms with Crippen LogP contribution in [-0.4, -0.2) is 33.5 Å². The SMILES string of the molecule is CC1CCCCN1c1nn(-c2ccc(Cl)cc2)c2cnccc12.O=C=O. The Morgan fingerprint density at radius 2 is 1.88 bits per heavy atom. The lowest BCUT2D eigenvalue weighted by atomic mass is 10.0. The van der Waals surface area contributed by atoms with E-state index in [1.165, 1.54) is 19.3 Å². The molecule has 0 N–H and O–H groups in total. The van der Waals surface area contributed by atoms with Crippen molar-refractivity contribution < 1.29 is 9.59 Å². The van der Waals surface area contributed by atoms with Gasteiger partial charge in [-0.15, -0.1) is 5.10 Å². The number of halogens is 1. The normalized spacial score (nSPS) is 16.7. The Hall–Kier alpha value is -2.69. The molecule has 7 heteroatoms. The molecular formula is C19H19ClN4O2. The van der Waals surface area contributed by atoms with Gasteiger partial charge in [0.05, 0.1) is 17.4 Å². The van der Waals surface area contributed by atoms with Crippen LogP contribution >= 0.6 is 11.6 Å². The summed E-state index contributed by atoms with van der Waals surface area (Å²) in [7, 11) is 0. The zero-order chi connectivity index (χ0) is 18.5. The third-order valence-corrected chi connectivity index (χ3v) is 4.86. The van der Waals surface area contributed by atoms with Gasteiger partial charge in [0.15, 0.2) is 5.82 Å². The largest absolute Gasteiger partial charge is 0.373 e. The summed E-state index contributed by atoms with van der Waals surface area (Å²) in [6, 6.07) is 10.4. The zero-order valence-corrected chi connectivity index (χ0v) is 15.2. The summed E-state index contributed by atoms with van der Waals surface area (Å²) < 4.78 is 1.97. The van der Waals surface area contributed by atoms with Gasteiger partial charge >= 0.3 is 6.15 Å². The minimum atomic E-state index is 0.250. The molecule has 0 amide bonds. The van der Waals surface area contributed by atoms with E-state index in [1.54, 1.807) is 0 Å². The summed E-state index contributed by atoms with van der Waals surface area (Å²) in [6.45, 7) is 3.35. The predicted octanol–water partition coefficient (Wildman–Crippen LogP) is 3.87. The first kappa shape index (κ1) is 18.1. The standard InChI is InChI=1S/C18H19ClN4.CO2/c1-13-4-2-3-11-22(13)18-16-9-10-20-12-17(16)23(21-18)15-7-5-14(19)6-8-15;2-1-3/h5-10,12-13H,2-4,11H2,1H3;. The molecule has 6 nitrogen and oxygen atoms in total. The molecule has 4 rings (SSSR count). The van der Waals surface area contributed by atoms with Gasteiger partial charge in [0.25, 0.3) is 0 Å². The molecule has 1 saturated heterocycles. The van der Waals surface area contributed by atoms with E-state index in [9.17, 15) is 0 Å². The Labute approximate surface area is 156 Å². The zero-order valence-electron chi connectivity index (χ0n) is 14.4. The fourth-order valence-electron chi connectivity index (χ4n) is 3.35. The molecule has 2 aromatic heterocycles. The van der Waals surface area contributed by atoms with Crippen LogP contribution in [0.25, 0.3) is 16.6 Å². The second-order valence-electron chi connectivity index (χ2n) is 6.23. The van der Waals surface area contributed by atoms with Crippen LogP contribution in [0.15, 0.2) is 42.7 Å². The van der Waals surface area contributed by atoms with E-state index in [0.717, 1.165) is 34.0 Å². The van der Waals surface area contributed by atoms with Crippen molar-refractivity contribution in [3.05, 3.63) is 47.7 Å². The molecule has 1 fully saturated rings. The van der Waals surface area contributed by atoms with Crippen molar-refractivity contribution in [1.29, 1.82) is 0 Å². The van der Waals surface area contributed by atoms with E-state index >= 15 is 0 Å². The second-order valence-corrected chi connectivity index (χ2v) is 6.66. The van der Waals surface area contributed by atoms with Crippen molar-refractivity contribution in [3.8, 4) is 5.69 Å². The number of hydrogen-bond acceptors (Lipinski definition) is 5. The van der Waals surface area contributed by atoms with E-state index < -0.39 is 0 Å². The van der Waals surface area contributed by atoms with Crippen molar-refractivity contribution in [2.45, 2.75) is 32.2 Å². The monoisotopic (exact) mass is 370 g/mol. The Morgan fingerprint density at radius 3 is 2.58 bits per heavy atom. The van der Waals surface area contributed by atoms with E-state index in [1.807, 2.05) is 41.3 Å². The van der Waals surface area contributed by atoms with Gasteiger partial charge in [-0.25, -0.2) is 4.68 Å². The molecule has 3 aromatic rings. The van der Waals surface area contributed by atoms with Crippen LogP contribution in [-0.2, 0) is 9.59 Å². The van der Waals surface area contributed by atoms with Crippen molar-refractivity contribution in [1.82, 2.24) is 14.8 Å². The topological polar surface area (TPSA) is 68.1 Å². The number of pyridine rings is 1. The lowest BCUT2D eigenvalue weighted by Crippen LogP contribution is -2.37. The summed E-state index contributed by atoms with van der Waals surface area (Å²) in [5.74, 6) is 1.06. The maximum atomic E-state index is 8.12. The molecule has 0 radical (unpaired) electrons. The maximum absolute atomic E-state index is 8.12. The smallest absolute Gasteiger partial charge is 0.352 e. The molecule has 134 valence electrons. The molecule has 0 bridgehead atoms. The highest BCUT2D eigenvalue weighted by Gasteiger charge is 2.24. The molecule has 0 saturated carbocycles. The highest BCUT2D eigenvalue weighted by Crippen LogP contribution is 2.32. The minimum Gasteiger partial charge on any atom is -0.352 e. The van der Waals surface area contributed by atoms with Gasteiger partial charge in [0, 0.05) is 29.2 Å². The Morgan fingerprint density at radius 1 is 1.15 bits per heavy atom. The van der Waals surface area contributed by atoms with E-state index in [-0.39, 0.29) is 6.15 Å². The number of hydrogen-bond donors (Lipinski definition) is 0. The third kappa shape index (κ3) is 3.62. The van der Waals surface area contributed by atoms with E-state index in [0.29, 0.717) is 6.04 Å². The molecule has 1 aromatic carbocycles. The number of carbonyl (C=O) groups excluding carboxylic acids is 2. The Kier molecular flexibility index (Phi) is 5.66. The quantitative estimate of drug-likeness (QED) is 0.685. The molecule has 0 spiro atoms. The number of rotatable bonds is 2. The summed E-state index contributed by atoms with van der Waals surface area (Å²) in [5.41, 5.74) is 2.03. The van der Waals surface area contributed by atoms with Gasteiger partial charge in [0.1, 0.15) is 0 Å². The maximum Gasteiger partial charge on any atom is 0.373 e. The number of piperidine rings is 1. The van der Waals surface area contributed by atoms with Crippen LogP contribution < -0.4 is 4.90 Å². The van der Waals surface area contributed by atoms with Crippen molar-refractivity contribution >= 4 is 34.5 Å². The molecule has 26 heavy (non-hydrogen) atoms. The third-order valence-electron chi connectivity index (χ3n) is 4.61. The predicted molar refractivity (Wildman–Crippen MR) is 99.5 cm³/mol. The summed E-state index contributed by atoms with van der Waals surface area (Å²) in [6.07, 6.45) is 7.73. The van der Waals surface area contributed by atoms with Crippen molar-refractivity contribution in [2.75, 3.05) is 11.4 Å². The fourth-order valence-corrected chi connectivity index (χ4v) is 3.48. The Bertz CT molecular complexity index is 917. The second kappa shape index (κ2) is 8.13. The van der Waals surface area contributed by atoms with Crippen LogP contribution in [0.4, 0.5) is 5.82 Å². The molecule has 3 heterocycles. The first-order valence-corrected chi connectivity index (χ1v) is 8.88. The molecule has 1 aliphatic rings. The average molecular weight is 371 g/mol. The van der Waals surface area contributed by atoms with Crippen LogP contribution in [0, 0.1) is 0 Å². The van der Waals surface area contributed by atoms with Crippen molar-refractivity contribution in [2.24, 2.45) is 0 Å². The van der Waals surface area contributed by atoms with Gasteiger partial charge in [-0.05, 0) is 56.5 Å². The minimum absolute atomic E-state index is 0.250. The van der Waals surface area contributed by atoms with Gasteiger partial charge < -0.3 is 4.90 Å². The van der Waals surface area contributed by atoms with Gasteiger partial charge in [0.2, 0.25) is 0 Å². The molecule has 1 unspecified atom stereocenters. The van der Waals surface area contributed by atoms with Crippen LogP contribution in [0.3, 0.4) is 0 Å². The van der Waals surface area contributed by atoms with E-state index in [4.69, 9.17) is 26.3 Å². The molecule has 1 atom stereocenters. The molecule has 0 aliphatic carbocycles. The fraction of sp³-hybridized carbons (Fsp3) is 0.316. The number of fused-ring (bicyclic) bond motifs is 1. The lowest BCUT2D eigenvalue weighted by molar-refractivity contribution is -0.191. The van der Waals surface area contributed by atoms with Crippen LogP contribution in [0.5, 0.6) is 0 Å². The Balaban J connectivity index is 0.000000613. The highest BCUT2D eigenvalue weighted by molar-refractivity contribution is 6.30. The summed E-state index contributed by atoms with van der Waals surface area (Å²) in [4.78, 5) is 23.0. The number of aromatic nitrogens is 3. The first-order valence-electron chi connectivity index (χ1n) is 8.50. The lowest BCUT2D eigenvalue weighted by Gasteiger charge is -2.33. The van der Waals surface area contributed by atoms with Crippen LogP contribution in [0.1, 0.15) is 26.2 Å². The van der Waals surface area contributed by atoms with Crippen LogP contribution in [0.2, 0.25) is 5.02 Å².